The summed E-state index contributed by atoms with van der Waals surface area (Å²) in [5.74, 6) is 2.93. The van der Waals surface area contributed by atoms with E-state index in [1.54, 1.807) is 24.0 Å². The average Bonchev–Trinajstić information content (AvgIpc) is 3.18. The second-order valence-corrected chi connectivity index (χ2v) is 6.77. The number of aromatic nitrogens is 7. The lowest BCUT2D eigenvalue weighted by Gasteiger charge is -2.22. The third-order valence-electron chi connectivity index (χ3n) is 4.64. The van der Waals surface area contributed by atoms with Gasteiger partial charge in [0.2, 0.25) is 0 Å². The van der Waals surface area contributed by atoms with E-state index < -0.39 is 0 Å². The van der Waals surface area contributed by atoms with Crippen LogP contribution < -0.4 is 5.69 Å². The Balaban J connectivity index is 1.77. The topological polar surface area (TPSA) is 83.4 Å². The lowest BCUT2D eigenvalue weighted by molar-refractivity contribution is 0.426. The average molecular weight is 339 g/mol. The summed E-state index contributed by atoms with van der Waals surface area (Å²) in [5, 5.41) is 9.02. The van der Waals surface area contributed by atoms with Gasteiger partial charge in [0.25, 0.3) is 0 Å². The van der Waals surface area contributed by atoms with Crippen molar-refractivity contribution >= 4 is 0 Å². The van der Waals surface area contributed by atoms with Crippen LogP contribution in [0.5, 0.6) is 0 Å². The Morgan fingerprint density at radius 2 is 1.96 bits per heavy atom. The van der Waals surface area contributed by atoms with Crippen molar-refractivity contribution in [3.8, 4) is 5.69 Å². The highest BCUT2D eigenvalue weighted by atomic mass is 16.2. The van der Waals surface area contributed by atoms with Crippen molar-refractivity contribution in [3.63, 3.8) is 0 Å². The summed E-state index contributed by atoms with van der Waals surface area (Å²) in [5.41, 5.74) is 0.868. The summed E-state index contributed by atoms with van der Waals surface area (Å²) in [6.07, 6.45) is 5.17. The number of nitrogens with zero attached hydrogens (tertiary/aromatic N) is 7. The molecular weight excluding hydrogens is 318 g/mol. The van der Waals surface area contributed by atoms with E-state index in [9.17, 15) is 4.79 Å². The molecular formula is C17H21N7O. The molecule has 0 aromatic carbocycles. The molecule has 0 spiro atoms. The van der Waals surface area contributed by atoms with Gasteiger partial charge < -0.3 is 0 Å². The van der Waals surface area contributed by atoms with Crippen molar-refractivity contribution in [1.82, 2.24) is 34.1 Å². The summed E-state index contributed by atoms with van der Waals surface area (Å²) in [6.45, 7) is 4.75. The molecule has 1 aliphatic rings. The van der Waals surface area contributed by atoms with Gasteiger partial charge in [0.05, 0.1) is 5.69 Å². The quantitative estimate of drug-likeness (QED) is 0.720. The Kier molecular flexibility index (Phi) is 3.74. The van der Waals surface area contributed by atoms with Crippen molar-refractivity contribution in [2.75, 3.05) is 0 Å². The molecule has 3 aromatic rings. The van der Waals surface area contributed by atoms with E-state index in [4.69, 9.17) is 10.1 Å². The molecule has 8 nitrogen and oxygen atoms in total. The molecule has 0 fully saturated rings. The van der Waals surface area contributed by atoms with E-state index in [0.717, 1.165) is 36.0 Å². The number of fused-ring (bicyclic) bond motifs is 1. The van der Waals surface area contributed by atoms with E-state index in [1.165, 1.54) is 4.68 Å². The largest absolute Gasteiger partial charge is 0.345 e. The van der Waals surface area contributed by atoms with Gasteiger partial charge in [-0.25, -0.2) is 19.1 Å². The van der Waals surface area contributed by atoms with Gasteiger partial charge >= 0.3 is 5.69 Å². The van der Waals surface area contributed by atoms with Gasteiger partial charge in [-0.15, -0.1) is 0 Å². The first-order valence-corrected chi connectivity index (χ1v) is 8.54. The molecule has 0 saturated carbocycles. The van der Waals surface area contributed by atoms with Crippen LogP contribution in [-0.2, 0) is 20.0 Å². The maximum atomic E-state index is 12.3. The fraction of sp³-hybridized carbons (Fsp3) is 0.471. The smallest absolute Gasteiger partial charge is 0.278 e. The Bertz CT molecular complexity index is 951. The summed E-state index contributed by atoms with van der Waals surface area (Å²) in [4.78, 5) is 21.2. The number of rotatable bonds is 3. The molecule has 1 aliphatic heterocycles. The molecule has 0 N–H and O–H groups in total. The van der Waals surface area contributed by atoms with Crippen LogP contribution in [0.1, 0.15) is 49.6 Å². The molecule has 0 bridgehead atoms. The number of pyridine rings is 1. The first kappa shape index (κ1) is 15.7. The van der Waals surface area contributed by atoms with Gasteiger partial charge in [0, 0.05) is 44.2 Å². The zero-order chi connectivity index (χ0) is 17.6. The minimum atomic E-state index is -0.0706. The Hall–Kier alpha value is -2.77. The number of hydrogen-bond acceptors (Lipinski definition) is 5. The van der Waals surface area contributed by atoms with Crippen LogP contribution in [0.2, 0.25) is 0 Å². The zero-order valence-corrected chi connectivity index (χ0v) is 14.6. The van der Waals surface area contributed by atoms with Gasteiger partial charge in [-0.3, -0.25) is 9.55 Å². The summed E-state index contributed by atoms with van der Waals surface area (Å²) < 4.78 is 5.06. The van der Waals surface area contributed by atoms with Gasteiger partial charge in [0.1, 0.15) is 11.6 Å². The third-order valence-corrected chi connectivity index (χ3v) is 4.64. The molecule has 4 rings (SSSR count). The van der Waals surface area contributed by atoms with Crippen LogP contribution in [0.15, 0.2) is 29.3 Å². The highest BCUT2D eigenvalue weighted by Crippen LogP contribution is 2.28. The minimum absolute atomic E-state index is 0.0706. The predicted octanol–water partition coefficient (Wildman–Crippen LogP) is 1.41. The highest BCUT2D eigenvalue weighted by molar-refractivity contribution is 5.30. The molecule has 1 atom stereocenters. The van der Waals surface area contributed by atoms with Gasteiger partial charge in [-0.2, -0.15) is 10.2 Å². The SMILES string of the molecule is CC(C)c1nc(C2CCc3nn(C)c(=O)n3C2)n(-c2ccncc2)n1. The zero-order valence-electron chi connectivity index (χ0n) is 14.6. The molecule has 130 valence electrons. The van der Waals surface area contributed by atoms with E-state index in [1.807, 2.05) is 16.8 Å². The first-order chi connectivity index (χ1) is 12.0. The second-order valence-electron chi connectivity index (χ2n) is 6.77. The van der Waals surface area contributed by atoms with E-state index in [-0.39, 0.29) is 17.5 Å². The third kappa shape index (κ3) is 2.67. The van der Waals surface area contributed by atoms with Crippen LogP contribution in [-0.4, -0.2) is 34.1 Å². The fourth-order valence-corrected chi connectivity index (χ4v) is 3.27. The van der Waals surface area contributed by atoms with Gasteiger partial charge in [-0.05, 0) is 18.6 Å². The molecule has 0 aliphatic carbocycles. The van der Waals surface area contributed by atoms with Crippen LogP contribution in [0.25, 0.3) is 5.69 Å². The van der Waals surface area contributed by atoms with E-state index >= 15 is 0 Å². The highest BCUT2D eigenvalue weighted by Gasteiger charge is 2.29. The molecule has 0 radical (unpaired) electrons. The monoisotopic (exact) mass is 339 g/mol. The van der Waals surface area contributed by atoms with Crippen LogP contribution in [0.3, 0.4) is 0 Å². The normalized spacial score (nSPS) is 17.0. The summed E-state index contributed by atoms with van der Waals surface area (Å²) in [6, 6.07) is 3.85. The van der Waals surface area contributed by atoms with E-state index in [2.05, 4.69) is 23.9 Å². The Morgan fingerprint density at radius 1 is 1.20 bits per heavy atom. The molecule has 0 saturated heterocycles. The Morgan fingerprint density at radius 3 is 2.68 bits per heavy atom. The molecule has 3 aromatic heterocycles. The summed E-state index contributed by atoms with van der Waals surface area (Å²) >= 11 is 0. The molecule has 8 heteroatoms. The van der Waals surface area contributed by atoms with Crippen molar-refractivity contribution in [2.45, 2.75) is 45.1 Å². The predicted molar refractivity (Wildman–Crippen MR) is 91.8 cm³/mol. The maximum absolute atomic E-state index is 12.3. The van der Waals surface area contributed by atoms with Crippen molar-refractivity contribution in [1.29, 1.82) is 0 Å². The van der Waals surface area contributed by atoms with Gasteiger partial charge in [-0.1, -0.05) is 13.8 Å². The lowest BCUT2D eigenvalue weighted by Crippen LogP contribution is -2.30. The van der Waals surface area contributed by atoms with Crippen molar-refractivity contribution in [3.05, 3.63) is 52.5 Å². The second kappa shape index (κ2) is 5.94. The van der Waals surface area contributed by atoms with Crippen LogP contribution in [0.4, 0.5) is 0 Å². The molecule has 1 unspecified atom stereocenters. The maximum Gasteiger partial charge on any atom is 0.345 e. The lowest BCUT2D eigenvalue weighted by atomic mass is 9.98. The van der Waals surface area contributed by atoms with Crippen molar-refractivity contribution < 1.29 is 0 Å². The number of hydrogen-bond donors (Lipinski definition) is 0. The summed E-state index contributed by atoms with van der Waals surface area (Å²) in [7, 11) is 1.69. The molecule has 0 amide bonds. The first-order valence-electron chi connectivity index (χ1n) is 8.54. The minimum Gasteiger partial charge on any atom is -0.278 e. The molecule has 4 heterocycles. The van der Waals surface area contributed by atoms with Crippen LogP contribution in [0, 0.1) is 0 Å². The number of aryl methyl sites for hydroxylation is 2. The van der Waals surface area contributed by atoms with Crippen molar-refractivity contribution in [2.24, 2.45) is 7.05 Å². The van der Waals surface area contributed by atoms with E-state index in [0.29, 0.717) is 6.54 Å². The Labute approximate surface area is 145 Å². The molecule has 25 heavy (non-hydrogen) atoms. The fourth-order valence-electron chi connectivity index (χ4n) is 3.27. The van der Waals surface area contributed by atoms with Gasteiger partial charge in [0.15, 0.2) is 5.82 Å². The van der Waals surface area contributed by atoms with Crippen LogP contribution >= 0.6 is 0 Å². The standard InChI is InChI=1S/C17H21N7O/c1-11(2)15-19-16(24(21-15)13-6-8-18-9-7-13)12-4-5-14-20-22(3)17(25)23(14)10-12/h6-9,11-12H,4-5,10H2,1-3H3.